The fourth-order valence-corrected chi connectivity index (χ4v) is 8.94. The minimum Gasteiger partial charge on any atom is -0.456 e. The van der Waals surface area contributed by atoms with Gasteiger partial charge >= 0.3 is 0 Å². The van der Waals surface area contributed by atoms with Crippen molar-refractivity contribution in [2.45, 2.75) is 0 Å². The van der Waals surface area contributed by atoms with Crippen LogP contribution in [0.1, 0.15) is 0 Å². The van der Waals surface area contributed by atoms with E-state index < -0.39 is 0 Å². The van der Waals surface area contributed by atoms with Crippen molar-refractivity contribution in [2.75, 3.05) is 4.90 Å². The van der Waals surface area contributed by atoms with Crippen LogP contribution in [-0.2, 0) is 0 Å². The summed E-state index contributed by atoms with van der Waals surface area (Å²) in [5.74, 6) is 0. The third kappa shape index (κ3) is 5.02. The van der Waals surface area contributed by atoms with E-state index in [2.05, 4.69) is 198 Å². The van der Waals surface area contributed by atoms with E-state index in [0.717, 1.165) is 88.8 Å². The molecule has 0 saturated carbocycles. The second-order valence-electron chi connectivity index (χ2n) is 14.9. The Labute approximate surface area is 334 Å². The Bertz CT molecular complexity index is 3500. The molecular formula is C54H34N2O2. The van der Waals surface area contributed by atoms with Crippen LogP contribution in [0.3, 0.4) is 0 Å². The van der Waals surface area contributed by atoms with E-state index in [1.54, 1.807) is 0 Å². The highest BCUT2D eigenvalue weighted by Gasteiger charge is 2.24. The number of hydrogen-bond acceptors (Lipinski definition) is 3. The summed E-state index contributed by atoms with van der Waals surface area (Å²) in [6.45, 7) is 0. The topological polar surface area (TPSA) is 34.5 Å². The predicted molar refractivity (Wildman–Crippen MR) is 241 cm³/mol. The van der Waals surface area contributed by atoms with E-state index in [4.69, 9.17) is 8.83 Å². The first-order valence-corrected chi connectivity index (χ1v) is 19.7. The highest BCUT2D eigenvalue weighted by Crippen LogP contribution is 2.47. The van der Waals surface area contributed by atoms with Gasteiger partial charge in [-0.2, -0.15) is 0 Å². The van der Waals surface area contributed by atoms with Gasteiger partial charge in [0.2, 0.25) is 0 Å². The minimum atomic E-state index is 0.817. The highest BCUT2D eigenvalue weighted by molar-refractivity contribution is 6.17. The smallest absolute Gasteiger partial charge is 0.159 e. The van der Waals surface area contributed by atoms with Crippen LogP contribution in [0, 0.1) is 0 Å². The van der Waals surface area contributed by atoms with Crippen molar-refractivity contribution in [3.05, 3.63) is 206 Å². The van der Waals surface area contributed by atoms with Gasteiger partial charge < -0.3 is 18.3 Å². The maximum absolute atomic E-state index is 6.89. The van der Waals surface area contributed by atoms with Crippen molar-refractivity contribution < 1.29 is 8.83 Å². The number of para-hydroxylation sites is 5. The van der Waals surface area contributed by atoms with Gasteiger partial charge in [-0.1, -0.05) is 133 Å². The molecule has 0 amide bonds. The molecule has 0 unspecified atom stereocenters. The molecule has 0 aliphatic carbocycles. The maximum atomic E-state index is 6.89. The van der Waals surface area contributed by atoms with E-state index in [-0.39, 0.29) is 0 Å². The molecule has 3 aromatic heterocycles. The Hall–Kier alpha value is -7.82. The van der Waals surface area contributed by atoms with Gasteiger partial charge in [-0.05, 0) is 83.4 Å². The van der Waals surface area contributed by atoms with Crippen LogP contribution in [0.5, 0.6) is 0 Å². The van der Waals surface area contributed by atoms with Gasteiger partial charge in [0.1, 0.15) is 16.7 Å². The minimum absolute atomic E-state index is 0.817. The lowest BCUT2D eigenvalue weighted by atomic mass is 9.98. The van der Waals surface area contributed by atoms with Crippen LogP contribution in [0.15, 0.2) is 215 Å². The number of benzene rings is 9. The number of nitrogens with zero attached hydrogens (tertiary/aromatic N) is 2. The number of aromatic nitrogens is 1. The Morgan fingerprint density at radius 1 is 0.362 bits per heavy atom. The second kappa shape index (κ2) is 12.9. The zero-order valence-electron chi connectivity index (χ0n) is 31.3. The van der Waals surface area contributed by atoms with Gasteiger partial charge in [0.15, 0.2) is 5.58 Å². The first kappa shape index (κ1) is 32.4. The van der Waals surface area contributed by atoms with Crippen molar-refractivity contribution in [3.8, 4) is 27.9 Å². The van der Waals surface area contributed by atoms with E-state index >= 15 is 0 Å². The Balaban J connectivity index is 1.16. The number of furan rings is 2. The molecule has 58 heavy (non-hydrogen) atoms. The van der Waals surface area contributed by atoms with Crippen LogP contribution in [-0.4, -0.2) is 4.57 Å². The molecule has 0 atom stereocenters. The summed E-state index contributed by atoms with van der Waals surface area (Å²) in [6.07, 6.45) is 0. The Morgan fingerprint density at radius 2 is 0.966 bits per heavy atom. The molecule has 0 fully saturated rings. The lowest BCUT2D eigenvalue weighted by molar-refractivity contribution is 0.667. The molecule has 272 valence electrons. The summed E-state index contributed by atoms with van der Waals surface area (Å²) in [6, 6.07) is 73.2. The number of fused-ring (bicyclic) bond motifs is 9. The zero-order chi connectivity index (χ0) is 38.2. The fraction of sp³-hybridized carbons (Fsp3) is 0. The largest absolute Gasteiger partial charge is 0.456 e. The molecule has 4 nitrogen and oxygen atoms in total. The van der Waals surface area contributed by atoms with Crippen LogP contribution < -0.4 is 4.90 Å². The van der Waals surface area contributed by atoms with Gasteiger partial charge in [0, 0.05) is 55.3 Å². The monoisotopic (exact) mass is 742 g/mol. The summed E-state index contributed by atoms with van der Waals surface area (Å²) in [4.78, 5) is 2.32. The first-order chi connectivity index (χ1) is 28.8. The second-order valence-corrected chi connectivity index (χ2v) is 14.9. The maximum Gasteiger partial charge on any atom is 0.159 e. The van der Waals surface area contributed by atoms with Gasteiger partial charge in [-0.25, -0.2) is 0 Å². The summed E-state index contributed by atoms with van der Waals surface area (Å²) >= 11 is 0. The molecule has 0 aliphatic rings. The molecule has 0 saturated heterocycles. The van der Waals surface area contributed by atoms with Crippen molar-refractivity contribution in [3.63, 3.8) is 0 Å². The molecule has 0 N–H and O–H groups in total. The van der Waals surface area contributed by atoms with E-state index in [0.29, 0.717) is 0 Å². The molecular weight excluding hydrogens is 709 g/mol. The summed E-state index contributed by atoms with van der Waals surface area (Å²) < 4.78 is 15.8. The van der Waals surface area contributed by atoms with Crippen molar-refractivity contribution >= 4 is 82.7 Å². The molecule has 12 rings (SSSR count). The van der Waals surface area contributed by atoms with E-state index in [1.165, 1.54) is 21.9 Å². The van der Waals surface area contributed by atoms with Gasteiger partial charge in [-0.15, -0.1) is 0 Å². The molecule has 0 spiro atoms. The standard InChI is InChI=1S/C54H34N2O2/c1-3-14-35(15-4-1)36-26-28-39(29-27-36)55(40-30-31-45-43-19-8-11-24-50(43)57-52(45)34-40)49-33-37(32-47-44-20-9-12-25-51(44)58-54(47)49)41-21-13-22-46-42-18-7-10-23-48(42)56(53(41)46)38-16-5-2-6-17-38/h1-34H. The quantitative estimate of drug-likeness (QED) is 0.170. The molecule has 12 aromatic rings. The third-order valence-electron chi connectivity index (χ3n) is 11.6. The van der Waals surface area contributed by atoms with Crippen molar-refractivity contribution in [1.82, 2.24) is 4.57 Å². The normalized spacial score (nSPS) is 11.8. The average molecular weight is 743 g/mol. The van der Waals surface area contributed by atoms with E-state index in [9.17, 15) is 0 Å². The lowest BCUT2D eigenvalue weighted by Crippen LogP contribution is -2.10. The van der Waals surface area contributed by atoms with Crippen molar-refractivity contribution in [1.29, 1.82) is 0 Å². The average Bonchev–Trinajstić information content (AvgIpc) is 3.97. The van der Waals surface area contributed by atoms with E-state index in [1.807, 2.05) is 18.2 Å². The Morgan fingerprint density at radius 3 is 1.76 bits per heavy atom. The van der Waals surface area contributed by atoms with Gasteiger partial charge in [0.05, 0.1) is 22.4 Å². The molecule has 3 heterocycles. The molecule has 4 heteroatoms. The van der Waals surface area contributed by atoms with Crippen molar-refractivity contribution in [2.24, 2.45) is 0 Å². The van der Waals surface area contributed by atoms with Crippen LogP contribution in [0.4, 0.5) is 17.1 Å². The van der Waals surface area contributed by atoms with Crippen LogP contribution in [0.2, 0.25) is 0 Å². The van der Waals surface area contributed by atoms with Crippen LogP contribution >= 0.6 is 0 Å². The number of anilines is 3. The Kier molecular flexibility index (Phi) is 7.20. The molecule has 0 radical (unpaired) electrons. The van der Waals surface area contributed by atoms with Crippen LogP contribution in [0.25, 0.3) is 93.6 Å². The summed E-state index contributed by atoms with van der Waals surface area (Å²) in [7, 11) is 0. The predicted octanol–water partition coefficient (Wildman–Crippen LogP) is 15.4. The SMILES string of the molecule is c1ccc(-c2ccc(N(c3ccc4c(c3)oc3ccccc34)c3cc(-c4cccc5c6ccccc6n(-c6ccccc6)c45)cc4c3oc3ccccc34)cc2)cc1. The first-order valence-electron chi connectivity index (χ1n) is 19.7. The van der Waals surface area contributed by atoms with Gasteiger partial charge in [0.25, 0.3) is 0 Å². The molecule has 9 aromatic carbocycles. The third-order valence-corrected chi connectivity index (χ3v) is 11.6. The lowest BCUT2D eigenvalue weighted by Gasteiger charge is -2.26. The van der Waals surface area contributed by atoms with Gasteiger partial charge in [-0.3, -0.25) is 0 Å². The fourth-order valence-electron chi connectivity index (χ4n) is 8.94. The molecule has 0 bridgehead atoms. The number of rotatable bonds is 6. The molecule has 0 aliphatic heterocycles. The zero-order valence-corrected chi connectivity index (χ0v) is 31.3. The summed E-state index contributed by atoms with van der Waals surface area (Å²) in [5, 5.41) is 6.74. The highest BCUT2D eigenvalue weighted by atomic mass is 16.3. The number of hydrogen-bond donors (Lipinski definition) is 0. The summed E-state index contributed by atoms with van der Waals surface area (Å²) in [5.41, 5.74) is 14.3.